The highest BCUT2D eigenvalue weighted by Gasteiger charge is 2.03. The molecule has 0 aliphatic carbocycles. The van der Waals surface area contributed by atoms with E-state index in [0.717, 1.165) is 0 Å². The zero-order chi connectivity index (χ0) is 8.69. The Bertz CT molecular complexity index is 117. The summed E-state index contributed by atoms with van der Waals surface area (Å²) in [6.45, 7) is 4.84. The molecule has 0 fully saturated rings. The van der Waals surface area contributed by atoms with E-state index in [1.807, 2.05) is 13.8 Å². The van der Waals surface area contributed by atoms with Gasteiger partial charge in [-0.1, -0.05) is 0 Å². The first-order valence-corrected chi connectivity index (χ1v) is 3.77. The zero-order valence-electron chi connectivity index (χ0n) is 7.09. The van der Waals surface area contributed by atoms with Crippen molar-refractivity contribution in [3.8, 4) is 0 Å². The summed E-state index contributed by atoms with van der Waals surface area (Å²) < 4.78 is 4.89. The molecule has 11 heavy (non-hydrogen) atoms. The molecule has 66 valence electrons. The van der Waals surface area contributed by atoms with Crippen LogP contribution < -0.4 is 11.1 Å². The quantitative estimate of drug-likeness (QED) is 0.569. The number of amides is 1. The Kier molecular flexibility index (Phi) is 5.78. The average Bonchev–Trinajstić information content (AvgIpc) is 2.00. The van der Waals surface area contributed by atoms with Gasteiger partial charge in [0.25, 0.3) is 0 Å². The summed E-state index contributed by atoms with van der Waals surface area (Å²) in [7, 11) is 0. The van der Waals surface area contributed by atoms with Gasteiger partial charge in [-0.15, -0.1) is 0 Å². The zero-order valence-corrected chi connectivity index (χ0v) is 7.09. The second-order valence-corrected chi connectivity index (χ2v) is 2.34. The highest BCUT2D eigenvalue weighted by Crippen LogP contribution is 1.78. The predicted octanol–water partition coefficient (Wildman–Crippen LogP) is -0.514. The van der Waals surface area contributed by atoms with Crippen molar-refractivity contribution < 1.29 is 9.53 Å². The molecule has 0 heterocycles. The summed E-state index contributed by atoms with van der Waals surface area (Å²) in [6.07, 6.45) is 0. The maximum Gasteiger partial charge on any atom is 0.246 e. The van der Waals surface area contributed by atoms with E-state index in [1.54, 1.807) is 0 Å². The lowest BCUT2D eigenvalue weighted by Gasteiger charge is -2.10. The summed E-state index contributed by atoms with van der Waals surface area (Å²) in [5.41, 5.74) is 5.29. The predicted molar refractivity (Wildman–Crippen MR) is 43.2 cm³/mol. The van der Waals surface area contributed by atoms with E-state index < -0.39 is 0 Å². The highest BCUT2D eigenvalue weighted by atomic mass is 16.5. The van der Waals surface area contributed by atoms with Gasteiger partial charge >= 0.3 is 0 Å². The second-order valence-electron chi connectivity index (χ2n) is 2.34. The molecule has 0 bridgehead atoms. The first kappa shape index (κ1) is 10.4. The van der Waals surface area contributed by atoms with Crippen molar-refractivity contribution >= 4 is 5.91 Å². The molecule has 0 aromatic carbocycles. The first-order valence-electron chi connectivity index (χ1n) is 3.77. The topological polar surface area (TPSA) is 64.3 Å². The fourth-order valence-electron chi connectivity index (χ4n) is 0.570. The Morgan fingerprint density at radius 2 is 2.36 bits per heavy atom. The summed E-state index contributed by atoms with van der Waals surface area (Å²) in [5.74, 6) is -0.107. The lowest BCUT2D eigenvalue weighted by atomic mass is 10.3. The number of hydrogen-bond acceptors (Lipinski definition) is 3. The van der Waals surface area contributed by atoms with Gasteiger partial charge in [-0.05, 0) is 13.8 Å². The molecule has 0 spiro atoms. The fourth-order valence-corrected chi connectivity index (χ4v) is 0.570. The van der Waals surface area contributed by atoms with Crippen molar-refractivity contribution in [3.63, 3.8) is 0 Å². The van der Waals surface area contributed by atoms with Crippen molar-refractivity contribution in [1.82, 2.24) is 5.32 Å². The van der Waals surface area contributed by atoms with Crippen LogP contribution in [0.15, 0.2) is 0 Å². The van der Waals surface area contributed by atoms with Crippen molar-refractivity contribution in [3.05, 3.63) is 0 Å². The molecule has 0 aliphatic rings. The van der Waals surface area contributed by atoms with Crippen LogP contribution in [-0.4, -0.2) is 31.7 Å². The molecule has 3 N–H and O–H groups in total. The second kappa shape index (κ2) is 6.12. The van der Waals surface area contributed by atoms with E-state index in [0.29, 0.717) is 13.2 Å². The molecule has 4 heteroatoms. The van der Waals surface area contributed by atoms with Crippen LogP contribution in [0.5, 0.6) is 0 Å². The van der Waals surface area contributed by atoms with Gasteiger partial charge in [-0.2, -0.15) is 0 Å². The minimum Gasteiger partial charge on any atom is -0.372 e. The van der Waals surface area contributed by atoms with Crippen LogP contribution in [-0.2, 0) is 9.53 Å². The normalized spacial score (nSPS) is 12.6. The monoisotopic (exact) mass is 160 g/mol. The van der Waals surface area contributed by atoms with Crippen molar-refractivity contribution in [2.24, 2.45) is 5.73 Å². The SMILES string of the molecule is CCOCC(=O)NC(C)CN. The van der Waals surface area contributed by atoms with Gasteiger partial charge in [0.1, 0.15) is 6.61 Å². The van der Waals surface area contributed by atoms with Gasteiger partial charge in [-0.3, -0.25) is 4.79 Å². The Hall–Kier alpha value is -0.610. The van der Waals surface area contributed by atoms with Crippen LogP contribution in [0, 0.1) is 0 Å². The van der Waals surface area contributed by atoms with Crippen LogP contribution in [0.1, 0.15) is 13.8 Å². The molecule has 0 radical (unpaired) electrons. The standard InChI is InChI=1S/C7H16N2O2/c1-3-11-5-7(10)9-6(2)4-8/h6H,3-5,8H2,1-2H3,(H,9,10). The first-order chi connectivity index (χ1) is 5.20. The van der Waals surface area contributed by atoms with E-state index in [1.165, 1.54) is 0 Å². The third-order valence-electron chi connectivity index (χ3n) is 1.20. The molecule has 0 aromatic heterocycles. The van der Waals surface area contributed by atoms with Crippen LogP contribution in [0.3, 0.4) is 0 Å². The Balaban J connectivity index is 3.36. The third-order valence-corrected chi connectivity index (χ3v) is 1.20. The minimum atomic E-state index is -0.107. The fraction of sp³-hybridized carbons (Fsp3) is 0.857. The average molecular weight is 160 g/mol. The number of nitrogens with one attached hydrogen (secondary N) is 1. The van der Waals surface area contributed by atoms with E-state index in [2.05, 4.69) is 5.32 Å². The number of carbonyl (C=O) groups excluding carboxylic acids is 1. The van der Waals surface area contributed by atoms with Gasteiger partial charge in [0.15, 0.2) is 0 Å². The molecular formula is C7H16N2O2. The molecule has 0 aliphatic heterocycles. The van der Waals surface area contributed by atoms with E-state index >= 15 is 0 Å². The van der Waals surface area contributed by atoms with Gasteiger partial charge < -0.3 is 15.8 Å². The van der Waals surface area contributed by atoms with Crippen LogP contribution in [0.25, 0.3) is 0 Å². The molecule has 0 saturated heterocycles. The Labute approximate surface area is 67.1 Å². The molecule has 0 saturated carbocycles. The molecule has 0 rings (SSSR count). The molecular weight excluding hydrogens is 144 g/mol. The molecule has 1 amide bonds. The summed E-state index contributed by atoms with van der Waals surface area (Å²) in [4.78, 5) is 10.9. The number of ether oxygens (including phenoxy) is 1. The van der Waals surface area contributed by atoms with E-state index in [-0.39, 0.29) is 18.6 Å². The summed E-state index contributed by atoms with van der Waals surface area (Å²) in [5, 5.41) is 2.68. The van der Waals surface area contributed by atoms with E-state index in [4.69, 9.17) is 10.5 Å². The molecule has 4 nitrogen and oxygen atoms in total. The van der Waals surface area contributed by atoms with E-state index in [9.17, 15) is 4.79 Å². The lowest BCUT2D eigenvalue weighted by Crippen LogP contribution is -2.39. The third kappa shape index (κ3) is 5.82. The summed E-state index contributed by atoms with van der Waals surface area (Å²) >= 11 is 0. The number of nitrogens with two attached hydrogens (primary N) is 1. The van der Waals surface area contributed by atoms with Crippen LogP contribution >= 0.6 is 0 Å². The largest absolute Gasteiger partial charge is 0.372 e. The van der Waals surface area contributed by atoms with Gasteiger partial charge in [-0.25, -0.2) is 0 Å². The van der Waals surface area contributed by atoms with Crippen LogP contribution in [0.2, 0.25) is 0 Å². The summed E-state index contributed by atoms with van der Waals surface area (Å²) in [6, 6.07) is 0.0305. The van der Waals surface area contributed by atoms with Gasteiger partial charge in [0, 0.05) is 19.2 Å². The van der Waals surface area contributed by atoms with Crippen molar-refractivity contribution in [1.29, 1.82) is 0 Å². The maximum absolute atomic E-state index is 10.9. The van der Waals surface area contributed by atoms with Crippen molar-refractivity contribution in [2.75, 3.05) is 19.8 Å². The van der Waals surface area contributed by atoms with Crippen molar-refractivity contribution in [2.45, 2.75) is 19.9 Å². The Morgan fingerprint density at radius 3 is 2.82 bits per heavy atom. The smallest absolute Gasteiger partial charge is 0.246 e. The number of hydrogen-bond donors (Lipinski definition) is 2. The molecule has 1 unspecified atom stereocenters. The molecule has 0 aromatic rings. The van der Waals surface area contributed by atoms with Crippen LogP contribution in [0.4, 0.5) is 0 Å². The maximum atomic E-state index is 10.9. The van der Waals surface area contributed by atoms with Gasteiger partial charge in [0.05, 0.1) is 0 Å². The van der Waals surface area contributed by atoms with Gasteiger partial charge in [0.2, 0.25) is 5.91 Å². The highest BCUT2D eigenvalue weighted by molar-refractivity contribution is 5.77. The lowest BCUT2D eigenvalue weighted by molar-refractivity contribution is -0.126. The minimum absolute atomic E-state index is 0.0305. The molecule has 1 atom stereocenters. The number of carbonyl (C=O) groups is 1. The number of rotatable bonds is 5. The Morgan fingerprint density at radius 1 is 1.73 bits per heavy atom.